The van der Waals surface area contributed by atoms with Gasteiger partial charge < -0.3 is 15.0 Å². The molecule has 0 spiro atoms. The molecule has 1 heterocycles. The smallest absolute Gasteiger partial charge is 0.243 e. The zero-order valence-corrected chi connectivity index (χ0v) is 11.1. The van der Waals surface area contributed by atoms with E-state index in [-0.39, 0.29) is 18.4 Å². The number of ether oxygens (including phenoxy) is 1. The van der Waals surface area contributed by atoms with Gasteiger partial charge in [-0.25, -0.2) is 0 Å². The number of hydrogen-bond acceptors (Lipinski definition) is 5. The van der Waals surface area contributed by atoms with Crippen LogP contribution in [0.5, 0.6) is 5.75 Å². The molecule has 1 aromatic carbocycles. The summed E-state index contributed by atoms with van der Waals surface area (Å²) in [6.45, 7) is 1.81. The zero-order chi connectivity index (χ0) is 12.3. The van der Waals surface area contributed by atoms with Gasteiger partial charge in [-0.3, -0.25) is 0 Å². The molecule has 18 heavy (non-hydrogen) atoms. The lowest BCUT2D eigenvalue weighted by molar-refractivity contribution is 0.358. The number of nitrogens with zero attached hydrogens (tertiary/aromatic N) is 2. The van der Waals surface area contributed by atoms with Gasteiger partial charge in [0.25, 0.3) is 0 Å². The van der Waals surface area contributed by atoms with Gasteiger partial charge in [-0.15, -0.1) is 12.4 Å². The molecule has 0 aliphatic heterocycles. The fourth-order valence-corrected chi connectivity index (χ4v) is 1.45. The van der Waals surface area contributed by atoms with E-state index in [0.29, 0.717) is 18.1 Å². The molecule has 1 atom stereocenters. The predicted octanol–water partition coefficient (Wildman–Crippen LogP) is 2.11. The van der Waals surface area contributed by atoms with Gasteiger partial charge in [-0.1, -0.05) is 17.3 Å². The van der Waals surface area contributed by atoms with E-state index in [1.165, 1.54) is 0 Å². The molecule has 5 nitrogen and oxygen atoms in total. The molecule has 1 unspecified atom stereocenters. The maximum Gasteiger partial charge on any atom is 0.243 e. The molecule has 0 aliphatic carbocycles. The van der Waals surface area contributed by atoms with Crippen LogP contribution in [0.1, 0.15) is 30.2 Å². The molecule has 0 saturated heterocycles. The molecule has 0 fully saturated rings. The van der Waals surface area contributed by atoms with E-state index >= 15 is 0 Å². The Hall–Kier alpha value is -1.59. The second kappa shape index (κ2) is 6.37. The first kappa shape index (κ1) is 14.5. The van der Waals surface area contributed by atoms with Crippen molar-refractivity contribution in [3.8, 4) is 5.75 Å². The largest absolute Gasteiger partial charge is 0.497 e. The lowest BCUT2D eigenvalue weighted by atomic mass is 10.1. The molecule has 0 aliphatic rings. The molecule has 98 valence electrons. The minimum Gasteiger partial charge on any atom is -0.497 e. The highest BCUT2D eigenvalue weighted by Gasteiger charge is 2.10. The summed E-state index contributed by atoms with van der Waals surface area (Å²) in [5.74, 6) is 1.94. The average molecular weight is 270 g/mol. The number of methoxy groups -OCH3 is 1. The fourth-order valence-electron chi connectivity index (χ4n) is 1.45. The molecule has 0 amide bonds. The summed E-state index contributed by atoms with van der Waals surface area (Å²) < 4.78 is 10.1. The van der Waals surface area contributed by atoms with Crippen molar-refractivity contribution in [3.63, 3.8) is 0 Å². The molecular formula is C12H16ClN3O2. The second-order valence-corrected chi connectivity index (χ2v) is 3.86. The van der Waals surface area contributed by atoms with Crippen LogP contribution in [0.2, 0.25) is 0 Å². The Bertz CT molecular complexity index is 482. The fraction of sp³-hybridized carbons (Fsp3) is 0.333. The van der Waals surface area contributed by atoms with Crippen LogP contribution < -0.4 is 10.5 Å². The van der Waals surface area contributed by atoms with Crippen LogP contribution >= 0.6 is 12.4 Å². The first-order valence-corrected chi connectivity index (χ1v) is 5.40. The zero-order valence-electron chi connectivity index (χ0n) is 10.3. The molecular weight excluding hydrogens is 254 g/mol. The number of aromatic nitrogens is 2. The second-order valence-electron chi connectivity index (χ2n) is 3.86. The summed E-state index contributed by atoms with van der Waals surface area (Å²) in [6.07, 6.45) is 0.625. The highest BCUT2D eigenvalue weighted by atomic mass is 35.5. The number of hydrogen-bond donors (Lipinski definition) is 1. The van der Waals surface area contributed by atoms with Crippen LogP contribution in [0.25, 0.3) is 0 Å². The summed E-state index contributed by atoms with van der Waals surface area (Å²) in [7, 11) is 1.64. The van der Waals surface area contributed by atoms with E-state index in [9.17, 15) is 0 Å². The standard InChI is InChI=1S/C12H15N3O2.ClH/c1-8(13)12-14-11(15-17-12)7-9-3-5-10(16-2)6-4-9;/h3-6,8H,7,13H2,1-2H3;1H. The number of benzene rings is 1. The molecule has 6 heteroatoms. The SMILES string of the molecule is COc1ccc(Cc2noc(C(C)N)n2)cc1.Cl. The summed E-state index contributed by atoms with van der Waals surface area (Å²) in [6, 6.07) is 7.53. The van der Waals surface area contributed by atoms with Crippen LogP contribution in [0.4, 0.5) is 0 Å². The van der Waals surface area contributed by atoms with Crippen LogP contribution in [-0.4, -0.2) is 17.3 Å². The molecule has 2 N–H and O–H groups in total. The van der Waals surface area contributed by atoms with Crippen molar-refractivity contribution in [1.29, 1.82) is 0 Å². The summed E-state index contributed by atoms with van der Waals surface area (Å²) in [5, 5.41) is 3.88. The van der Waals surface area contributed by atoms with E-state index in [1.807, 2.05) is 31.2 Å². The van der Waals surface area contributed by atoms with Crippen molar-refractivity contribution in [2.45, 2.75) is 19.4 Å². The average Bonchev–Trinajstić information content (AvgIpc) is 2.79. The van der Waals surface area contributed by atoms with E-state index in [2.05, 4.69) is 10.1 Å². The molecule has 0 radical (unpaired) electrons. The number of nitrogens with two attached hydrogens (primary N) is 1. The Kier molecular flexibility index (Phi) is 5.12. The molecule has 1 aromatic heterocycles. The predicted molar refractivity (Wildman–Crippen MR) is 69.9 cm³/mol. The van der Waals surface area contributed by atoms with Gasteiger partial charge in [-0.05, 0) is 24.6 Å². The molecule has 2 rings (SSSR count). The molecule has 0 bridgehead atoms. The van der Waals surface area contributed by atoms with Crippen molar-refractivity contribution in [2.75, 3.05) is 7.11 Å². The van der Waals surface area contributed by atoms with E-state index < -0.39 is 0 Å². The van der Waals surface area contributed by atoms with Crippen LogP contribution in [0.3, 0.4) is 0 Å². The van der Waals surface area contributed by atoms with E-state index in [4.69, 9.17) is 15.0 Å². The van der Waals surface area contributed by atoms with Gasteiger partial charge in [0.15, 0.2) is 5.82 Å². The van der Waals surface area contributed by atoms with Gasteiger partial charge in [0.1, 0.15) is 5.75 Å². The third kappa shape index (κ3) is 3.45. The third-order valence-electron chi connectivity index (χ3n) is 2.39. The normalized spacial score (nSPS) is 11.7. The Labute approximate surface area is 112 Å². The maximum absolute atomic E-state index is 5.65. The molecule has 0 saturated carbocycles. The topological polar surface area (TPSA) is 74.2 Å². The van der Waals surface area contributed by atoms with E-state index in [1.54, 1.807) is 7.11 Å². The van der Waals surface area contributed by atoms with Gasteiger partial charge in [0, 0.05) is 6.42 Å². The highest BCUT2D eigenvalue weighted by molar-refractivity contribution is 5.85. The third-order valence-corrected chi connectivity index (χ3v) is 2.39. The monoisotopic (exact) mass is 269 g/mol. The van der Waals surface area contributed by atoms with Gasteiger partial charge in [0.2, 0.25) is 5.89 Å². The van der Waals surface area contributed by atoms with Gasteiger partial charge in [-0.2, -0.15) is 4.98 Å². The first-order chi connectivity index (χ1) is 8.19. The van der Waals surface area contributed by atoms with Crippen LogP contribution in [0, 0.1) is 0 Å². The van der Waals surface area contributed by atoms with Crippen LogP contribution in [0.15, 0.2) is 28.8 Å². The lowest BCUT2D eigenvalue weighted by Gasteiger charge is -2.00. The van der Waals surface area contributed by atoms with Gasteiger partial charge in [0.05, 0.1) is 13.2 Å². The lowest BCUT2D eigenvalue weighted by Crippen LogP contribution is -2.05. The summed E-state index contributed by atoms with van der Waals surface area (Å²) >= 11 is 0. The Morgan fingerprint density at radius 1 is 1.33 bits per heavy atom. The minimum absolute atomic E-state index is 0. The Morgan fingerprint density at radius 3 is 2.50 bits per heavy atom. The summed E-state index contributed by atoms with van der Waals surface area (Å²) in [4.78, 5) is 4.21. The Morgan fingerprint density at radius 2 is 2.00 bits per heavy atom. The highest BCUT2D eigenvalue weighted by Crippen LogP contribution is 2.14. The quantitative estimate of drug-likeness (QED) is 0.920. The van der Waals surface area contributed by atoms with E-state index in [0.717, 1.165) is 11.3 Å². The molecule has 2 aromatic rings. The number of rotatable bonds is 4. The van der Waals surface area contributed by atoms with Crippen LogP contribution in [-0.2, 0) is 6.42 Å². The summed E-state index contributed by atoms with van der Waals surface area (Å²) in [5.41, 5.74) is 6.75. The van der Waals surface area contributed by atoms with Crippen molar-refractivity contribution in [3.05, 3.63) is 41.5 Å². The minimum atomic E-state index is -0.230. The van der Waals surface area contributed by atoms with Crippen molar-refractivity contribution in [1.82, 2.24) is 10.1 Å². The van der Waals surface area contributed by atoms with Crippen molar-refractivity contribution < 1.29 is 9.26 Å². The van der Waals surface area contributed by atoms with Crippen molar-refractivity contribution >= 4 is 12.4 Å². The number of halogens is 1. The Balaban J connectivity index is 0.00000162. The van der Waals surface area contributed by atoms with Crippen molar-refractivity contribution in [2.24, 2.45) is 5.73 Å². The van der Waals surface area contributed by atoms with Gasteiger partial charge >= 0.3 is 0 Å². The maximum atomic E-state index is 5.65. The first-order valence-electron chi connectivity index (χ1n) is 5.40.